The number of hydrogen-bond acceptors (Lipinski definition) is 8. The molecular weight excluding hydrogens is 554 g/mol. The Bertz CT molecular complexity index is 1660. The SMILES string of the molecule is CCOC(=O)c1ccc(N2C(=O)/C(=C/c3ccc(CNC(=O)C(=O)Nc4ccc(C)c(C)c4)o3)C(C(=O)OC)=C2C)cc1. The Hall–Kier alpha value is -5.45. The van der Waals surface area contributed by atoms with E-state index in [1.165, 1.54) is 30.2 Å². The Balaban J connectivity index is 1.49. The van der Waals surface area contributed by atoms with E-state index in [2.05, 4.69) is 10.6 Å². The molecular formula is C32H31N3O8. The number of aryl methyl sites for hydroxylation is 2. The fourth-order valence-corrected chi connectivity index (χ4v) is 4.42. The molecule has 2 heterocycles. The van der Waals surface area contributed by atoms with Crippen LogP contribution in [0.2, 0.25) is 0 Å². The van der Waals surface area contributed by atoms with Gasteiger partial charge in [-0.25, -0.2) is 9.59 Å². The normalized spacial score (nSPS) is 13.7. The van der Waals surface area contributed by atoms with Gasteiger partial charge in [0.15, 0.2) is 0 Å². The van der Waals surface area contributed by atoms with Gasteiger partial charge < -0.3 is 24.5 Å². The molecule has 11 heteroatoms. The zero-order valence-electron chi connectivity index (χ0n) is 24.4. The number of esters is 2. The monoisotopic (exact) mass is 585 g/mol. The molecule has 0 fully saturated rings. The van der Waals surface area contributed by atoms with Gasteiger partial charge in [0, 0.05) is 17.1 Å². The number of carbonyl (C=O) groups is 5. The minimum Gasteiger partial charge on any atom is -0.465 e. The summed E-state index contributed by atoms with van der Waals surface area (Å²) < 4.78 is 15.7. The topological polar surface area (TPSA) is 144 Å². The van der Waals surface area contributed by atoms with E-state index >= 15 is 0 Å². The Morgan fingerprint density at radius 2 is 1.63 bits per heavy atom. The molecule has 2 aromatic carbocycles. The van der Waals surface area contributed by atoms with Gasteiger partial charge in [0.25, 0.3) is 5.91 Å². The number of hydrogen-bond donors (Lipinski definition) is 2. The molecule has 222 valence electrons. The average molecular weight is 586 g/mol. The van der Waals surface area contributed by atoms with Crippen molar-refractivity contribution in [1.29, 1.82) is 0 Å². The zero-order chi connectivity index (χ0) is 31.3. The van der Waals surface area contributed by atoms with Crippen LogP contribution in [0.5, 0.6) is 0 Å². The predicted octanol–water partition coefficient (Wildman–Crippen LogP) is 4.21. The number of benzene rings is 2. The second kappa shape index (κ2) is 13.0. The Morgan fingerprint density at radius 3 is 2.28 bits per heavy atom. The number of ether oxygens (including phenoxy) is 2. The van der Waals surface area contributed by atoms with Gasteiger partial charge in [-0.2, -0.15) is 0 Å². The number of anilines is 2. The van der Waals surface area contributed by atoms with Gasteiger partial charge in [0.05, 0.1) is 37.0 Å². The van der Waals surface area contributed by atoms with Crippen LogP contribution in [0, 0.1) is 13.8 Å². The summed E-state index contributed by atoms with van der Waals surface area (Å²) in [5, 5.41) is 5.05. The highest BCUT2D eigenvalue weighted by atomic mass is 16.5. The molecule has 0 bridgehead atoms. The molecule has 2 N–H and O–H groups in total. The smallest absolute Gasteiger partial charge is 0.340 e. The van der Waals surface area contributed by atoms with Gasteiger partial charge in [-0.3, -0.25) is 19.3 Å². The van der Waals surface area contributed by atoms with E-state index in [4.69, 9.17) is 13.9 Å². The first-order chi connectivity index (χ1) is 20.5. The first-order valence-corrected chi connectivity index (χ1v) is 13.4. The highest BCUT2D eigenvalue weighted by Gasteiger charge is 2.38. The fraction of sp³-hybridized carbons (Fsp3) is 0.219. The third kappa shape index (κ3) is 6.72. The van der Waals surface area contributed by atoms with Crippen LogP contribution in [0.4, 0.5) is 11.4 Å². The van der Waals surface area contributed by atoms with Crippen LogP contribution < -0.4 is 15.5 Å². The Kier molecular flexibility index (Phi) is 9.24. The molecule has 3 amide bonds. The summed E-state index contributed by atoms with van der Waals surface area (Å²) in [6, 6.07) is 14.7. The predicted molar refractivity (Wildman–Crippen MR) is 158 cm³/mol. The summed E-state index contributed by atoms with van der Waals surface area (Å²) in [5.74, 6) is -2.83. The fourth-order valence-electron chi connectivity index (χ4n) is 4.42. The summed E-state index contributed by atoms with van der Waals surface area (Å²) in [5.41, 5.74) is 3.72. The van der Waals surface area contributed by atoms with Gasteiger partial charge in [0.1, 0.15) is 11.5 Å². The average Bonchev–Trinajstić information content (AvgIpc) is 3.54. The van der Waals surface area contributed by atoms with E-state index in [-0.39, 0.29) is 30.1 Å². The number of allylic oxidation sites excluding steroid dienone is 1. The molecule has 0 aliphatic carbocycles. The van der Waals surface area contributed by atoms with Crippen molar-refractivity contribution in [2.24, 2.45) is 0 Å². The molecule has 43 heavy (non-hydrogen) atoms. The quantitative estimate of drug-likeness (QED) is 0.227. The lowest BCUT2D eigenvalue weighted by atomic mass is 10.1. The van der Waals surface area contributed by atoms with Crippen molar-refractivity contribution in [2.75, 3.05) is 23.9 Å². The van der Waals surface area contributed by atoms with Crippen LogP contribution in [0.25, 0.3) is 6.08 Å². The summed E-state index contributed by atoms with van der Waals surface area (Å²) in [7, 11) is 1.21. The minimum absolute atomic E-state index is 0.0384. The molecule has 1 aliphatic rings. The van der Waals surface area contributed by atoms with Crippen LogP contribution >= 0.6 is 0 Å². The van der Waals surface area contributed by atoms with Gasteiger partial charge in [0.2, 0.25) is 0 Å². The lowest BCUT2D eigenvalue weighted by Gasteiger charge is -2.18. The first kappa shape index (κ1) is 30.5. The van der Waals surface area contributed by atoms with Crippen LogP contribution in [-0.2, 0) is 35.2 Å². The standard InChI is InChI=1S/C32H31N3O8/c1-6-42-31(39)21-8-11-23(12-9-21)35-20(4)27(32(40)41-5)26(30(35)38)16-24-13-14-25(43-24)17-33-28(36)29(37)34-22-10-7-18(2)19(3)15-22/h7-16H,6,17H2,1-5H3,(H,33,36)(H,34,37)/b26-16+. The van der Waals surface area contributed by atoms with E-state index in [0.717, 1.165) is 11.1 Å². The number of amides is 3. The third-order valence-electron chi connectivity index (χ3n) is 6.79. The summed E-state index contributed by atoms with van der Waals surface area (Å²) in [6.45, 7) is 7.30. The summed E-state index contributed by atoms with van der Waals surface area (Å²) >= 11 is 0. The molecule has 11 nitrogen and oxygen atoms in total. The van der Waals surface area contributed by atoms with E-state index in [0.29, 0.717) is 28.4 Å². The van der Waals surface area contributed by atoms with Gasteiger partial charge in [-0.05, 0) is 93.4 Å². The highest BCUT2D eigenvalue weighted by molar-refractivity contribution is 6.39. The third-order valence-corrected chi connectivity index (χ3v) is 6.79. The molecule has 1 aromatic heterocycles. The van der Waals surface area contributed by atoms with Crippen molar-refractivity contribution in [1.82, 2.24) is 5.32 Å². The molecule has 0 saturated heterocycles. The Morgan fingerprint density at radius 1 is 0.907 bits per heavy atom. The maximum atomic E-state index is 13.5. The number of nitrogens with zero attached hydrogens (tertiary/aromatic N) is 1. The molecule has 1 aliphatic heterocycles. The van der Waals surface area contributed by atoms with Crippen molar-refractivity contribution < 1.29 is 37.9 Å². The van der Waals surface area contributed by atoms with Crippen LogP contribution in [0.1, 0.15) is 46.9 Å². The van der Waals surface area contributed by atoms with Crippen molar-refractivity contribution in [3.05, 3.63) is 99.7 Å². The molecule has 0 spiro atoms. The molecule has 3 aromatic rings. The largest absolute Gasteiger partial charge is 0.465 e. The minimum atomic E-state index is -0.850. The van der Waals surface area contributed by atoms with E-state index < -0.39 is 29.7 Å². The number of carbonyl (C=O) groups excluding carboxylic acids is 5. The van der Waals surface area contributed by atoms with Crippen molar-refractivity contribution >= 4 is 47.1 Å². The second-order valence-electron chi connectivity index (χ2n) is 9.66. The summed E-state index contributed by atoms with van der Waals surface area (Å²) in [6.07, 6.45) is 1.41. The molecule has 0 saturated carbocycles. The maximum Gasteiger partial charge on any atom is 0.340 e. The van der Waals surface area contributed by atoms with Gasteiger partial charge >= 0.3 is 23.8 Å². The summed E-state index contributed by atoms with van der Waals surface area (Å²) in [4.78, 5) is 64.2. The Labute approximate surface area is 248 Å². The van der Waals surface area contributed by atoms with Crippen LogP contribution in [-0.4, -0.2) is 43.4 Å². The number of methoxy groups -OCH3 is 1. The van der Waals surface area contributed by atoms with Crippen LogP contribution in [0.3, 0.4) is 0 Å². The first-order valence-electron chi connectivity index (χ1n) is 13.4. The molecule has 4 rings (SSSR count). The van der Waals surface area contributed by atoms with Crippen molar-refractivity contribution in [3.63, 3.8) is 0 Å². The molecule has 0 atom stereocenters. The van der Waals surface area contributed by atoms with E-state index in [9.17, 15) is 24.0 Å². The zero-order valence-corrected chi connectivity index (χ0v) is 24.4. The highest BCUT2D eigenvalue weighted by Crippen LogP contribution is 2.35. The lowest BCUT2D eigenvalue weighted by Crippen LogP contribution is -2.34. The number of furan rings is 1. The van der Waals surface area contributed by atoms with E-state index in [1.54, 1.807) is 50.2 Å². The number of rotatable bonds is 8. The second-order valence-corrected chi connectivity index (χ2v) is 9.66. The molecule has 0 unspecified atom stereocenters. The van der Waals surface area contributed by atoms with Gasteiger partial charge in [-0.15, -0.1) is 0 Å². The van der Waals surface area contributed by atoms with Crippen molar-refractivity contribution in [2.45, 2.75) is 34.2 Å². The lowest BCUT2D eigenvalue weighted by molar-refractivity contribution is -0.136. The van der Waals surface area contributed by atoms with E-state index in [1.807, 2.05) is 19.9 Å². The maximum absolute atomic E-state index is 13.5. The van der Waals surface area contributed by atoms with Gasteiger partial charge in [-0.1, -0.05) is 6.07 Å². The molecule has 0 radical (unpaired) electrons. The van der Waals surface area contributed by atoms with Crippen LogP contribution in [0.15, 0.2) is 75.9 Å². The number of nitrogens with one attached hydrogen (secondary N) is 2. The van der Waals surface area contributed by atoms with Crippen molar-refractivity contribution in [3.8, 4) is 0 Å².